The highest BCUT2D eigenvalue weighted by molar-refractivity contribution is 5.94. The van der Waals surface area contributed by atoms with Gasteiger partial charge in [0.2, 0.25) is 0 Å². The van der Waals surface area contributed by atoms with Crippen molar-refractivity contribution in [3.63, 3.8) is 0 Å². The second kappa shape index (κ2) is 8.30. The van der Waals surface area contributed by atoms with Gasteiger partial charge in [-0.3, -0.25) is 4.79 Å². The van der Waals surface area contributed by atoms with Crippen molar-refractivity contribution in [2.45, 2.75) is 32.4 Å². The summed E-state index contributed by atoms with van der Waals surface area (Å²) in [6, 6.07) is 16.9. The highest BCUT2D eigenvalue weighted by atomic mass is 16.1. The Bertz CT molecular complexity index is 918. The molecule has 5 nitrogen and oxygen atoms in total. The molecule has 0 fully saturated rings. The number of nitrogens with one attached hydrogen (secondary N) is 1. The van der Waals surface area contributed by atoms with E-state index in [0.717, 1.165) is 31.5 Å². The highest BCUT2D eigenvalue weighted by Crippen LogP contribution is 2.31. The van der Waals surface area contributed by atoms with Crippen LogP contribution in [0.5, 0.6) is 0 Å². The number of nitrogens with zero attached hydrogens (tertiary/aromatic N) is 3. The zero-order valence-corrected chi connectivity index (χ0v) is 16.2. The number of benzene rings is 2. The Morgan fingerprint density at radius 2 is 2.00 bits per heavy atom. The molecule has 0 unspecified atom stereocenters. The SMILES string of the molecule is C[C@@H]1Cc2ccccc2N1CCCNC(=O)c1ccc(Cn2ccnc2)cc1. The molecule has 1 N–H and O–H groups in total. The van der Waals surface area contributed by atoms with E-state index in [2.05, 4.69) is 46.4 Å². The summed E-state index contributed by atoms with van der Waals surface area (Å²) in [6.45, 7) is 4.67. The summed E-state index contributed by atoms with van der Waals surface area (Å²) in [6.07, 6.45) is 7.53. The van der Waals surface area contributed by atoms with Gasteiger partial charge in [0.15, 0.2) is 0 Å². The highest BCUT2D eigenvalue weighted by Gasteiger charge is 2.24. The molecule has 3 aromatic rings. The Kier molecular flexibility index (Phi) is 5.42. The van der Waals surface area contributed by atoms with Crippen LogP contribution >= 0.6 is 0 Å². The van der Waals surface area contributed by atoms with Gasteiger partial charge in [0.25, 0.3) is 5.91 Å². The summed E-state index contributed by atoms with van der Waals surface area (Å²) in [7, 11) is 0. The predicted molar refractivity (Wildman–Crippen MR) is 112 cm³/mol. The van der Waals surface area contributed by atoms with Gasteiger partial charge < -0.3 is 14.8 Å². The van der Waals surface area contributed by atoms with E-state index in [0.29, 0.717) is 18.2 Å². The fraction of sp³-hybridized carbons (Fsp3) is 0.304. The molecule has 0 radical (unpaired) electrons. The van der Waals surface area contributed by atoms with Gasteiger partial charge in [-0.1, -0.05) is 30.3 Å². The molecule has 0 spiro atoms. The number of carbonyl (C=O) groups is 1. The third kappa shape index (κ3) is 4.09. The average Bonchev–Trinajstić information content (AvgIpc) is 3.33. The van der Waals surface area contributed by atoms with E-state index in [-0.39, 0.29) is 5.91 Å². The maximum Gasteiger partial charge on any atom is 0.251 e. The minimum atomic E-state index is -0.0101. The molecule has 0 saturated carbocycles. The summed E-state index contributed by atoms with van der Waals surface area (Å²) in [5.74, 6) is -0.0101. The number of imidazole rings is 1. The van der Waals surface area contributed by atoms with Crippen molar-refractivity contribution in [1.82, 2.24) is 14.9 Å². The Hall–Kier alpha value is -3.08. The normalized spacial score (nSPS) is 15.5. The zero-order valence-electron chi connectivity index (χ0n) is 16.2. The molecule has 28 heavy (non-hydrogen) atoms. The summed E-state index contributed by atoms with van der Waals surface area (Å²) in [5.41, 5.74) is 4.62. The molecule has 1 amide bonds. The minimum Gasteiger partial charge on any atom is -0.368 e. The summed E-state index contributed by atoms with van der Waals surface area (Å²) >= 11 is 0. The van der Waals surface area contributed by atoms with Crippen LogP contribution in [-0.2, 0) is 13.0 Å². The van der Waals surface area contributed by atoms with Crippen LogP contribution in [0.4, 0.5) is 5.69 Å². The number of carbonyl (C=O) groups excluding carboxylic acids is 1. The standard InChI is InChI=1S/C23H26N4O/c1-18-15-21-5-2-3-6-22(21)27(18)13-4-11-25-23(28)20-9-7-19(8-10-20)16-26-14-12-24-17-26/h2-3,5-10,12,14,17-18H,4,11,13,15-16H2,1H3,(H,25,28)/t18-/m1/s1. The molecule has 1 aliphatic heterocycles. The van der Waals surface area contributed by atoms with E-state index < -0.39 is 0 Å². The van der Waals surface area contributed by atoms with E-state index >= 15 is 0 Å². The van der Waals surface area contributed by atoms with Gasteiger partial charge in [-0.15, -0.1) is 0 Å². The lowest BCUT2D eigenvalue weighted by Gasteiger charge is -2.24. The smallest absolute Gasteiger partial charge is 0.251 e. The second-order valence-electron chi connectivity index (χ2n) is 7.42. The fourth-order valence-corrected chi connectivity index (χ4v) is 3.88. The van der Waals surface area contributed by atoms with Crippen LogP contribution in [0.2, 0.25) is 0 Å². The van der Waals surface area contributed by atoms with E-state index in [1.54, 1.807) is 12.5 Å². The Labute approximate surface area is 166 Å². The van der Waals surface area contributed by atoms with Gasteiger partial charge in [0, 0.05) is 49.3 Å². The lowest BCUT2D eigenvalue weighted by Crippen LogP contribution is -2.33. The van der Waals surface area contributed by atoms with Gasteiger partial charge in [-0.2, -0.15) is 0 Å². The summed E-state index contributed by atoms with van der Waals surface area (Å²) in [4.78, 5) is 18.9. The van der Waals surface area contributed by atoms with Crippen LogP contribution in [-0.4, -0.2) is 34.6 Å². The lowest BCUT2D eigenvalue weighted by molar-refractivity contribution is 0.0953. The first-order chi connectivity index (χ1) is 13.7. The van der Waals surface area contributed by atoms with Crippen LogP contribution in [0.3, 0.4) is 0 Å². The Morgan fingerprint density at radius 1 is 1.18 bits per heavy atom. The molecular weight excluding hydrogens is 348 g/mol. The van der Waals surface area contributed by atoms with Gasteiger partial charge in [-0.05, 0) is 49.1 Å². The Balaban J connectivity index is 1.25. The molecule has 144 valence electrons. The van der Waals surface area contributed by atoms with Gasteiger partial charge in [-0.25, -0.2) is 4.98 Å². The van der Waals surface area contributed by atoms with Crippen LogP contribution in [0.15, 0.2) is 67.3 Å². The number of aromatic nitrogens is 2. The topological polar surface area (TPSA) is 50.2 Å². The van der Waals surface area contributed by atoms with Gasteiger partial charge in [0.05, 0.1) is 6.33 Å². The van der Waals surface area contributed by atoms with Crippen molar-refractivity contribution in [1.29, 1.82) is 0 Å². The Morgan fingerprint density at radius 3 is 2.79 bits per heavy atom. The predicted octanol–water partition coefficient (Wildman–Crippen LogP) is 3.50. The molecule has 5 heteroatoms. The molecule has 2 aromatic carbocycles. The quantitative estimate of drug-likeness (QED) is 0.644. The first-order valence-corrected chi connectivity index (χ1v) is 9.88. The molecule has 0 bridgehead atoms. The number of rotatable bonds is 7. The lowest BCUT2D eigenvalue weighted by atomic mass is 10.1. The average molecular weight is 374 g/mol. The number of fused-ring (bicyclic) bond motifs is 1. The fourth-order valence-electron chi connectivity index (χ4n) is 3.88. The minimum absolute atomic E-state index is 0.0101. The number of para-hydroxylation sites is 1. The molecule has 0 saturated heterocycles. The van der Waals surface area contributed by atoms with Crippen molar-refractivity contribution in [3.05, 3.63) is 83.9 Å². The van der Waals surface area contributed by atoms with Gasteiger partial charge in [0.1, 0.15) is 0 Å². The van der Waals surface area contributed by atoms with Crippen LogP contribution in [0.1, 0.15) is 34.8 Å². The molecule has 4 rings (SSSR count). The summed E-state index contributed by atoms with van der Waals surface area (Å²) in [5, 5.41) is 3.05. The van der Waals surface area contributed by atoms with E-state index in [4.69, 9.17) is 0 Å². The van der Waals surface area contributed by atoms with Crippen molar-refractivity contribution in [3.8, 4) is 0 Å². The second-order valence-corrected chi connectivity index (χ2v) is 7.42. The van der Waals surface area contributed by atoms with Crippen molar-refractivity contribution in [2.24, 2.45) is 0 Å². The largest absolute Gasteiger partial charge is 0.368 e. The third-order valence-electron chi connectivity index (χ3n) is 5.35. The number of hydrogen-bond donors (Lipinski definition) is 1. The molecule has 2 heterocycles. The molecule has 1 aliphatic rings. The van der Waals surface area contributed by atoms with Crippen LogP contribution < -0.4 is 10.2 Å². The zero-order chi connectivity index (χ0) is 19.3. The van der Waals surface area contributed by atoms with E-state index in [1.807, 2.05) is 35.0 Å². The van der Waals surface area contributed by atoms with E-state index in [9.17, 15) is 4.79 Å². The van der Waals surface area contributed by atoms with Crippen molar-refractivity contribution >= 4 is 11.6 Å². The first-order valence-electron chi connectivity index (χ1n) is 9.88. The van der Waals surface area contributed by atoms with Gasteiger partial charge >= 0.3 is 0 Å². The molecule has 1 atom stereocenters. The first kappa shape index (κ1) is 18.3. The molecule has 0 aliphatic carbocycles. The van der Waals surface area contributed by atoms with Crippen LogP contribution in [0.25, 0.3) is 0 Å². The van der Waals surface area contributed by atoms with Crippen LogP contribution in [0, 0.1) is 0 Å². The van der Waals surface area contributed by atoms with Crippen molar-refractivity contribution < 1.29 is 4.79 Å². The number of anilines is 1. The number of amides is 1. The molecular formula is C23H26N4O. The van der Waals surface area contributed by atoms with E-state index in [1.165, 1.54) is 11.3 Å². The molecule has 1 aromatic heterocycles. The summed E-state index contributed by atoms with van der Waals surface area (Å²) < 4.78 is 2.01. The maximum atomic E-state index is 12.4. The van der Waals surface area contributed by atoms with Crippen molar-refractivity contribution in [2.75, 3.05) is 18.0 Å². The third-order valence-corrected chi connectivity index (χ3v) is 5.35. The number of hydrogen-bond acceptors (Lipinski definition) is 3. The monoisotopic (exact) mass is 374 g/mol. The maximum absolute atomic E-state index is 12.4.